The molecule has 3 rings (SSSR count). The molecule has 0 spiro atoms. The van der Waals surface area contributed by atoms with E-state index in [4.69, 9.17) is 9.47 Å². The Morgan fingerprint density at radius 2 is 2.06 bits per heavy atom. The molecule has 1 saturated heterocycles. The predicted octanol–water partition coefficient (Wildman–Crippen LogP) is 5.64. The standard InChI is InChI=1S/C26H38N4O4/c1-16(2)20(14-22(28-29-27)24-15-21(17(3)4)26(32)34-24)25(31)19-8-7-18-9-11-30(23(18)13-19)10-6-12-33-5/h7-9,11,13,16-17,20-22,24-25,31H,6,10,12,14-15H2,1-5H3. The van der Waals surface area contributed by atoms with Crippen LogP contribution in [0.2, 0.25) is 0 Å². The van der Waals surface area contributed by atoms with Crippen LogP contribution >= 0.6 is 0 Å². The van der Waals surface area contributed by atoms with E-state index in [1.54, 1.807) is 7.11 Å². The number of rotatable bonds is 12. The summed E-state index contributed by atoms with van der Waals surface area (Å²) in [6.07, 6.45) is 2.77. The predicted molar refractivity (Wildman–Crippen MR) is 132 cm³/mol. The second-order valence-corrected chi connectivity index (χ2v) is 10.1. The number of azide groups is 1. The molecule has 1 aromatic heterocycles. The van der Waals surface area contributed by atoms with Gasteiger partial charge in [-0.25, -0.2) is 0 Å². The first-order valence-corrected chi connectivity index (χ1v) is 12.3. The molecule has 0 aliphatic carbocycles. The Bertz CT molecular complexity index is 1010. The van der Waals surface area contributed by atoms with Gasteiger partial charge in [0.25, 0.3) is 0 Å². The summed E-state index contributed by atoms with van der Waals surface area (Å²) in [5.41, 5.74) is 11.1. The second-order valence-electron chi connectivity index (χ2n) is 10.1. The highest BCUT2D eigenvalue weighted by Gasteiger charge is 2.41. The summed E-state index contributed by atoms with van der Waals surface area (Å²) in [5.74, 6) is -0.269. The number of carbonyl (C=O) groups excluding carboxylic acids is 1. The van der Waals surface area contributed by atoms with E-state index >= 15 is 0 Å². The highest BCUT2D eigenvalue weighted by Crippen LogP contribution is 2.38. The van der Waals surface area contributed by atoms with Gasteiger partial charge in [0.2, 0.25) is 0 Å². The highest BCUT2D eigenvalue weighted by molar-refractivity contribution is 5.81. The molecule has 5 unspecified atom stereocenters. The number of cyclic esters (lactones) is 1. The molecule has 5 atom stereocenters. The average molecular weight is 471 g/mol. The normalized spacial score (nSPS) is 21.0. The van der Waals surface area contributed by atoms with Crippen molar-refractivity contribution in [3.8, 4) is 0 Å². The number of aryl methyl sites for hydroxylation is 1. The molecule has 34 heavy (non-hydrogen) atoms. The van der Waals surface area contributed by atoms with Crippen molar-refractivity contribution in [3.63, 3.8) is 0 Å². The molecule has 1 aromatic carbocycles. The van der Waals surface area contributed by atoms with E-state index in [0.29, 0.717) is 19.4 Å². The Morgan fingerprint density at radius 1 is 1.29 bits per heavy atom. The van der Waals surface area contributed by atoms with Gasteiger partial charge in [0.15, 0.2) is 0 Å². The van der Waals surface area contributed by atoms with Crippen LogP contribution < -0.4 is 0 Å². The molecule has 186 valence electrons. The molecule has 0 amide bonds. The number of aromatic nitrogens is 1. The molecule has 1 aliphatic rings. The lowest BCUT2D eigenvalue weighted by Gasteiger charge is -2.30. The van der Waals surface area contributed by atoms with Crippen LogP contribution in [0.1, 0.15) is 58.6 Å². The third-order valence-electron chi connectivity index (χ3n) is 7.15. The van der Waals surface area contributed by atoms with E-state index in [1.165, 1.54) is 0 Å². The first-order chi connectivity index (χ1) is 16.3. The van der Waals surface area contributed by atoms with Crippen molar-refractivity contribution in [3.05, 3.63) is 46.5 Å². The van der Waals surface area contributed by atoms with Crippen LogP contribution in [0, 0.1) is 23.7 Å². The molecule has 1 fully saturated rings. The topological polar surface area (TPSA) is 109 Å². The Morgan fingerprint density at radius 3 is 2.68 bits per heavy atom. The Balaban J connectivity index is 1.82. The van der Waals surface area contributed by atoms with Crippen LogP contribution in [0.25, 0.3) is 21.3 Å². The number of hydrogen-bond acceptors (Lipinski definition) is 5. The molecule has 8 heteroatoms. The fourth-order valence-corrected chi connectivity index (χ4v) is 5.00. The molecule has 2 heterocycles. The number of nitrogens with zero attached hydrogens (tertiary/aromatic N) is 4. The van der Waals surface area contributed by atoms with Crippen LogP contribution in [0.3, 0.4) is 0 Å². The van der Waals surface area contributed by atoms with Crippen molar-refractivity contribution in [2.24, 2.45) is 28.8 Å². The van der Waals surface area contributed by atoms with Crippen molar-refractivity contribution < 1.29 is 19.4 Å². The molecule has 1 aliphatic heterocycles. The Hall–Kier alpha value is -2.54. The molecule has 0 saturated carbocycles. The van der Waals surface area contributed by atoms with Gasteiger partial charge >= 0.3 is 5.97 Å². The van der Waals surface area contributed by atoms with Crippen LogP contribution in [0.15, 0.2) is 35.6 Å². The quantitative estimate of drug-likeness (QED) is 0.142. The summed E-state index contributed by atoms with van der Waals surface area (Å²) in [4.78, 5) is 15.4. The maximum Gasteiger partial charge on any atom is 0.309 e. The Kier molecular flexibility index (Phi) is 9.00. The molecular weight excluding hydrogens is 432 g/mol. The van der Waals surface area contributed by atoms with Gasteiger partial charge in [-0.05, 0) is 65.6 Å². The number of ether oxygens (including phenoxy) is 2. The SMILES string of the molecule is COCCCn1ccc2ccc(C(O)C(CC(N=[N+]=[N-])C3CC(C(C)C)C(=O)O3)C(C)C)cc21. The van der Waals surface area contributed by atoms with E-state index in [9.17, 15) is 15.4 Å². The van der Waals surface area contributed by atoms with Gasteiger partial charge in [-0.2, -0.15) is 0 Å². The maximum atomic E-state index is 12.3. The largest absolute Gasteiger partial charge is 0.462 e. The number of esters is 1. The summed E-state index contributed by atoms with van der Waals surface area (Å²) in [7, 11) is 1.70. The minimum atomic E-state index is -0.735. The number of aliphatic hydroxyl groups excluding tert-OH is 1. The summed E-state index contributed by atoms with van der Waals surface area (Å²) in [5, 5.41) is 16.6. The number of aliphatic hydroxyl groups is 1. The molecule has 2 aromatic rings. The van der Waals surface area contributed by atoms with Crippen molar-refractivity contribution in [2.75, 3.05) is 13.7 Å². The van der Waals surface area contributed by atoms with Gasteiger partial charge in [0.1, 0.15) is 6.10 Å². The summed E-state index contributed by atoms with van der Waals surface area (Å²) < 4.78 is 13.0. The highest BCUT2D eigenvalue weighted by atomic mass is 16.6. The van der Waals surface area contributed by atoms with Crippen molar-refractivity contribution in [1.29, 1.82) is 0 Å². The van der Waals surface area contributed by atoms with Crippen molar-refractivity contribution in [1.82, 2.24) is 4.57 Å². The van der Waals surface area contributed by atoms with E-state index in [-0.39, 0.29) is 29.6 Å². The molecule has 1 N–H and O–H groups in total. The van der Waals surface area contributed by atoms with Gasteiger partial charge in [-0.15, -0.1) is 0 Å². The zero-order valence-corrected chi connectivity index (χ0v) is 20.9. The fourth-order valence-electron chi connectivity index (χ4n) is 5.00. The third-order valence-corrected chi connectivity index (χ3v) is 7.15. The van der Waals surface area contributed by atoms with Crippen LogP contribution in [0.4, 0.5) is 0 Å². The lowest BCUT2D eigenvalue weighted by Crippen LogP contribution is -2.30. The van der Waals surface area contributed by atoms with Gasteiger partial charge in [0, 0.05) is 36.9 Å². The van der Waals surface area contributed by atoms with E-state index in [0.717, 1.165) is 29.4 Å². The summed E-state index contributed by atoms with van der Waals surface area (Å²) in [6, 6.07) is 7.62. The lowest BCUT2D eigenvalue weighted by molar-refractivity contribution is -0.146. The second kappa shape index (κ2) is 11.7. The minimum absolute atomic E-state index is 0.133. The zero-order valence-electron chi connectivity index (χ0n) is 20.9. The smallest absolute Gasteiger partial charge is 0.309 e. The third kappa shape index (κ3) is 5.93. The first kappa shape index (κ1) is 26.1. The van der Waals surface area contributed by atoms with Gasteiger partial charge in [-0.1, -0.05) is 44.9 Å². The molecule has 0 radical (unpaired) electrons. The fraction of sp³-hybridized carbons (Fsp3) is 0.654. The van der Waals surface area contributed by atoms with E-state index in [1.807, 2.05) is 26.0 Å². The maximum absolute atomic E-state index is 12.3. The number of benzene rings is 1. The zero-order chi connectivity index (χ0) is 24.8. The van der Waals surface area contributed by atoms with Gasteiger partial charge in [-0.3, -0.25) is 4.79 Å². The van der Waals surface area contributed by atoms with E-state index < -0.39 is 18.2 Å². The number of methoxy groups -OCH3 is 1. The van der Waals surface area contributed by atoms with Gasteiger partial charge < -0.3 is 19.1 Å². The van der Waals surface area contributed by atoms with Gasteiger partial charge in [0.05, 0.1) is 18.1 Å². The van der Waals surface area contributed by atoms with E-state index in [2.05, 4.69) is 46.8 Å². The van der Waals surface area contributed by atoms with Crippen molar-refractivity contribution >= 4 is 16.9 Å². The minimum Gasteiger partial charge on any atom is -0.462 e. The average Bonchev–Trinajstić information content (AvgIpc) is 3.39. The first-order valence-electron chi connectivity index (χ1n) is 12.3. The Labute approximate surface area is 201 Å². The van der Waals surface area contributed by atoms with Crippen LogP contribution in [0.5, 0.6) is 0 Å². The monoisotopic (exact) mass is 470 g/mol. The molecule has 8 nitrogen and oxygen atoms in total. The molecule has 0 bridgehead atoms. The van der Waals surface area contributed by atoms with Crippen molar-refractivity contribution in [2.45, 2.75) is 71.8 Å². The van der Waals surface area contributed by atoms with Crippen LogP contribution in [-0.4, -0.2) is 41.5 Å². The number of fused-ring (bicyclic) bond motifs is 1. The number of carbonyl (C=O) groups is 1. The lowest BCUT2D eigenvalue weighted by atomic mass is 9.80. The summed E-state index contributed by atoms with van der Waals surface area (Å²) >= 11 is 0. The summed E-state index contributed by atoms with van der Waals surface area (Å²) in [6.45, 7) is 9.65. The number of hydrogen-bond donors (Lipinski definition) is 1. The van der Waals surface area contributed by atoms with Crippen LogP contribution in [-0.2, 0) is 20.8 Å². The molecular formula is C26H38N4O4.